The second-order valence-electron chi connectivity index (χ2n) is 5.27. The van der Waals surface area contributed by atoms with Crippen molar-refractivity contribution < 1.29 is 14.3 Å². The van der Waals surface area contributed by atoms with Gasteiger partial charge in [-0.15, -0.1) is 0 Å². The van der Waals surface area contributed by atoms with Gasteiger partial charge in [-0.25, -0.2) is 4.79 Å². The molecule has 1 fully saturated rings. The molecule has 1 atom stereocenters. The van der Waals surface area contributed by atoms with Crippen LogP contribution in [0.25, 0.3) is 0 Å². The summed E-state index contributed by atoms with van der Waals surface area (Å²) in [6.07, 6.45) is 3.43. The van der Waals surface area contributed by atoms with Crippen molar-refractivity contribution in [2.24, 2.45) is 0 Å². The highest BCUT2D eigenvalue weighted by Crippen LogP contribution is 2.14. The van der Waals surface area contributed by atoms with Crippen LogP contribution in [-0.2, 0) is 4.74 Å². The van der Waals surface area contributed by atoms with Gasteiger partial charge >= 0.3 is 6.03 Å². The summed E-state index contributed by atoms with van der Waals surface area (Å²) in [4.78, 5) is 11.6. The van der Waals surface area contributed by atoms with Gasteiger partial charge in [0.1, 0.15) is 12.4 Å². The fraction of sp³-hybridized carbons (Fsp3) is 0.562. The van der Waals surface area contributed by atoms with Crippen LogP contribution in [0, 0.1) is 6.92 Å². The number of hydrogen-bond donors (Lipinski definition) is 2. The summed E-state index contributed by atoms with van der Waals surface area (Å²) in [5.41, 5.74) is 1.20. The zero-order chi connectivity index (χ0) is 14.9. The molecule has 1 saturated heterocycles. The van der Waals surface area contributed by atoms with Gasteiger partial charge in [-0.05, 0) is 38.3 Å². The maximum absolute atomic E-state index is 11.6. The molecule has 5 heteroatoms. The molecule has 5 nitrogen and oxygen atoms in total. The van der Waals surface area contributed by atoms with Crippen LogP contribution in [0.3, 0.4) is 0 Å². The van der Waals surface area contributed by atoms with E-state index in [9.17, 15) is 4.79 Å². The number of urea groups is 1. The molecule has 1 aromatic carbocycles. The van der Waals surface area contributed by atoms with E-state index in [1.54, 1.807) is 0 Å². The Labute approximate surface area is 126 Å². The summed E-state index contributed by atoms with van der Waals surface area (Å²) < 4.78 is 11.0. The lowest BCUT2D eigenvalue weighted by Crippen LogP contribution is -2.38. The molecule has 2 rings (SSSR count). The Morgan fingerprint density at radius 1 is 1.29 bits per heavy atom. The summed E-state index contributed by atoms with van der Waals surface area (Å²) in [6, 6.07) is 7.70. The van der Waals surface area contributed by atoms with Crippen LogP contribution in [0.4, 0.5) is 4.79 Å². The quantitative estimate of drug-likeness (QED) is 0.758. The minimum Gasteiger partial charge on any atom is -0.492 e. The minimum absolute atomic E-state index is 0.152. The fourth-order valence-corrected chi connectivity index (χ4v) is 2.25. The predicted molar refractivity (Wildman–Crippen MR) is 81.7 cm³/mol. The van der Waals surface area contributed by atoms with E-state index < -0.39 is 0 Å². The molecule has 1 aliphatic heterocycles. The maximum atomic E-state index is 11.6. The van der Waals surface area contributed by atoms with Gasteiger partial charge in [-0.2, -0.15) is 0 Å². The number of aryl methyl sites for hydroxylation is 1. The van der Waals surface area contributed by atoms with E-state index in [0.29, 0.717) is 25.8 Å². The second-order valence-corrected chi connectivity index (χ2v) is 5.27. The van der Waals surface area contributed by atoms with Gasteiger partial charge in [0.2, 0.25) is 0 Å². The van der Waals surface area contributed by atoms with Crippen molar-refractivity contribution in [3.8, 4) is 5.75 Å². The van der Waals surface area contributed by atoms with E-state index in [0.717, 1.165) is 31.6 Å². The average molecular weight is 292 g/mol. The maximum Gasteiger partial charge on any atom is 0.314 e. The summed E-state index contributed by atoms with van der Waals surface area (Å²) in [5, 5.41) is 5.60. The molecule has 21 heavy (non-hydrogen) atoms. The summed E-state index contributed by atoms with van der Waals surface area (Å²) in [7, 11) is 0. The molecular formula is C16H24N2O3. The fourth-order valence-electron chi connectivity index (χ4n) is 2.25. The van der Waals surface area contributed by atoms with E-state index in [1.165, 1.54) is 5.56 Å². The van der Waals surface area contributed by atoms with E-state index in [-0.39, 0.29) is 6.03 Å². The molecule has 0 spiro atoms. The van der Waals surface area contributed by atoms with Crippen LogP contribution in [-0.4, -0.2) is 38.4 Å². The Bertz CT molecular complexity index is 428. The van der Waals surface area contributed by atoms with Gasteiger partial charge in [0.25, 0.3) is 0 Å². The Morgan fingerprint density at radius 2 is 2.05 bits per heavy atom. The number of carbonyl (C=O) groups is 1. The summed E-state index contributed by atoms with van der Waals surface area (Å²) in [6.45, 7) is 4.48. The lowest BCUT2D eigenvalue weighted by Gasteiger charge is -2.11. The number of rotatable bonds is 7. The second kappa shape index (κ2) is 8.52. The van der Waals surface area contributed by atoms with E-state index in [1.807, 2.05) is 31.2 Å². The molecule has 1 unspecified atom stereocenters. The van der Waals surface area contributed by atoms with Crippen LogP contribution < -0.4 is 15.4 Å². The molecule has 1 heterocycles. The zero-order valence-electron chi connectivity index (χ0n) is 12.6. The normalized spacial score (nSPS) is 17.5. The van der Waals surface area contributed by atoms with Crippen LogP contribution >= 0.6 is 0 Å². The number of hydrogen-bond acceptors (Lipinski definition) is 3. The van der Waals surface area contributed by atoms with Crippen molar-refractivity contribution in [2.75, 3.05) is 26.3 Å². The smallest absolute Gasteiger partial charge is 0.314 e. The third-order valence-electron chi connectivity index (χ3n) is 3.45. The van der Waals surface area contributed by atoms with Gasteiger partial charge < -0.3 is 20.1 Å². The number of carbonyl (C=O) groups excluding carboxylic acids is 1. The highest BCUT2D eigenvalue weighted by Gasteiger charge is 2.14. The Morgan fingerprint density at radius 3 is 2.76 bits per heavy atom. The van der Waals surface area contributed by atoms with Crippen molar-refractivity contribution in [2.45, 2.75) is 32.3 Å². The lowest BCUT2D eigenvalue weighted by atomic mass is 10.2. The highest BCUT2D eigenvalue weighted by molar-refractivity contribution is 5.73. The Balaban J connectivity index is 1.49. The lowest BCUT2D eigenvalue weighted by molar-refractivity contribution is 0.104. The first-order valence-corrected chi connectivity index (χ1v) is 7.57. The van der Waals surface area contributed by atoms with Gasteiger partial charge in [0.05, 0.1) is 12.6 Å². The van der Waals surface area contributed by atoms with Crippen molar-refractivity contribution in [3.63, 3.8) is 0 Å². The van der Waals surface area contributed by atoms with Crippen molar-refractivity contribution in [1.29, 1.82) is 0 Å². The molecule has 0 bridgehead atoms. The van der Waals surface area contributed by atoms with Crippen LogP contribution in [0.15, 0.2) is 24.3 Å². The Hall–Kier alpha value is -1.75. The molecule has 0 radical (unpaired) electrons. The third-order valence-corrected chi connectivity index (χ3v) is 3.45. The average Bonchev–Trinajstić information content (AvgIpc) is 2.99. The molecule has 1 aliphatic rings. The molecule has 1 aromatic rings. The zero-order valence-corrected chi connectivity index (χ0v) is 12.6. The number of nitrogens with one attached hydrogen (secondary N) is 2. The van der Waals surface area contributed by atoms with Crippen LogP contribution in [0.2, 0.25) is 0 Å². The number of benzene rings is 1. The number of ether oxygens (including phenoxy) is 2. The van der Waals surface area contributed by atoms with Gasteiger partial charge in [-0.1, -0.05) is 17.7 Å². The first kappa shape index (κ1) is 15.6. The molecule has 0 saturated carbocycles. The van der Waals surface area contributed by atoms with Gasteiger partial charge in [0, 0.05) is 13.2 Å². The van der Waals surface area contributed by atoms with E-state index in [2.05, 4.69) is 10.6 Å². The molecular weight excluding hydrogens is 268 g/mol. The van der Waals surface area contributed by atoms with Crippen LogP contribution in [0.1, 0.15) is 24.8 Å². The van der Waals surface area contributed by atoms with Crippen LogP contribution in [0.5, 0.6) is 5.75 Å². The third kappa shape index (κ3) is 6.04. The van der Waals surface area contributed by atoms with Gasteiger partial charge in [0.15, 0.2) is 0 Å². The van der Waals surface area contributed by atoms with E-state index in [4.69, 9.17) is 9.47 Å². The number of amides is 2. The molecule has 0 aromatic heterocycles. The standard InChI is InChI=1S/C16H24N2O3/c1-13-4-6-15(7-5-13)21-12-10-18-16(19)17-9-8-14-3-2-11-20-14/h4-7,14H,2-3,8-12H2,1H3,(H2,17,18,19). The predicted octanol–water partition coefficient (Wildman–Crippen LogP) is 2.24. The van der Waals surface area contributed by atoms with Gasteiger partial charge in [-0.3, -0.25) is 0 Å². The van der Waals surface area contributed by atoms with Crippen molar-refractivity contribution >= 4 is 6.03 Å². The minimum atomic E-state index is -0.152. The van der Waals surface area contributed by atoms with E-state index >= 15 is 0 Å². The first-order chi connectivity index (χ1) is 10.2. The van der Waals surface area contributed by atoms with Crippen molar-refractivity contribution in [1.82, 2.24) is 10.6 Å². The van der Waals surface area contributed by atoms with Crippen molar-refractivity contribution in [3.05, 3.63) is 29.8 Å². The topological polar surface area (TPSA) is 59.6 Å². The monoisotopic (exact) mass is 292 g/mol. The SMILES string of the molecule is Cc1ccc(OCCNC(=O)NCCC2CCCO2)cc1. The largest absolute Gasteiger partial charge is 0.492 e. The molecule has 0 aliphatic carbocycles. The Kier molecular flexibility index (Phi) is 6.34. The summed E-state index contributed by atoms with van der Waals surface area (Å²) >= 11 is 0. The molecule has 116 valence electrons. The first-order valence-electron chi connectivity index (χ1n) is 7.57. The summed E-state index contributed by atoms with van der Waals surface area (Å²) in [5.74, 6) is 0.821. The molecule has 2 N–H and O–H groups in total. The molecule has 2 amide bonds. The highest BCUT2D eigenvalue weighted by atomic mass is 16.5.